The summed E-state index contributed by atoms with van der Waals surface area (Å²) in [6, 6.07) is 4.35. The average Bonchev–Trinajstić information content (AvgIpc) is 2.45. The average molecular weight is 378 g/mol. The zero-order valence-electron chi connectivity index (χ0n) is 12.8. The van der Waals surface area contributed by atoms with E-state index in [0.29, 0.717) is 21.4 Å². The van der Waals surface area contributed by atoms with Crippen molar-refractivity contribution in [1.82, 2.24) is 9.97 Å². The number of hydrogen-bond acceptors (Lipinski definition) is 4. The van der Waals surface area contributed by atoms with Crippen LogP contribution in [0.5, 0.6) is 11.5 Å². The molecule has 120 valence electrons. The number of ether oxygens (including phenoxy) is 1. The number of hydrogen-bond donors (Lipinski definition) is 0. The summed E-state index contributed by atoms with van der Waals surface area (Å²) >= 11 is 3.32. The van der Waals surface area contributed by atoms with E-state index in [9.17, 15) is 4.39 Å². The van der Waals surface area contributed by atoms with E-state index in [0.717, 1.165) is 24.8 Å². The van der Waals surface area contributed by atoms with Crippen molar-refractivity contribution >= 4 is 21.7 Å². The van der Waals surface area contributed by atoms with E-state index in [2.05, 4.69) is 37.7 Å². The molecule has 0 bridgehead atoms. The molecule has 0 amide bonds. The van der Waals surface area contributed by atoms with Gasteiger partial charge in [-0.1, -0.05) is 6.92 Å². The summed E-state index contributed by atoms with van der Waals surface area (Å²) in [5, 5.41) is 0. The van der Waals surface area contributed by atoms with Crippen LogP contribution < -0.4 is 9.64 Å². The minimum atomic E-state index is -0.308. The molecule has 23 heavy (non-hydrogen) atoms. The van der Waals surface area contributed by atoms with Gasteiger partial charge in [0.05, 0.1) is 10.7 Å². The molecular weight excluding hydrogens is 361 g/mol. The summed E-state index contributed by atoms with van der Waals surface area (Å²) in [5.74, 6) is 2.49. The minimum Gasteiger partial charge on any atom is -0.451 e. The second kappa shape index (κ2) is 5.44. The van der Waals surface area contributed by atoms with Gasteiger partial charge in [-0.25, -0.2) is 14.4 Å². The van der Waals surface area contributed by atoms with Gasteiger partial charge in [-0.15, -0.1) is 0 Å². The zero-order valence-corrected chi connectivity index (χ0v) is 14.4. The Morgan fingerprint density at radius 1 is 1.30 bits per heavy atom. The Balaban J connectivity index is 1.54. The highest BCUT2D eigenvalue weighted by atomic mass is 79.9. The van der Waals surface area contributed by atoms with Gasteiger partial charge in [-0.3, -0.25) is 0 Å². The molecule has 0 radical (unpaired) electrons. The molecular formula is C17H17BrFN3O. The van der Waals surface area contributed by atoms with Crippen molar-refractivity contribution in [3.05, 3.63) is 41.0 Å². The molecule has 1 spiro atoms. The number of benzene rings is 1. The summed E-state index contributed by atoms with van der Waals surface area (Å²) in [7, 11) is 0. The maximum Gasteiger partial charge on any atom is 0.188 e. The van der Waals surface area contributed by atoms with Crippen LogP contribution in [0.15, 0.2) is 35.2 Å². The SMILES string of the molecule is CC1CC2(C1)CN(c1ncncc1Oc1ccc(F)cc1Br)C2. The number of anilines is 1. The van der Waals surface area contributed by atoms with Crippen LogP contribution in [0.25, 0.3) is 0 Å². The van der Waals surface area contributed by atoms with Gasteiger partial charge in [0.1, 0.15) is 17.9 Å². The third-order valence-corrected chi connectivity index (χ3v) is 5.31. The van der Waals surface area contributed by atoms with Gasteiger partial charge in [0.2, 0.25) is 0 Å². The normalized spacial score (nSPS) is 19.3. The van der Waals surface area contributed by atoms with E-state index in [1.165, 1.54) is 31.3 Å². The summed E-state index contributed by atoms with van der Waals surface area (Å²) in [6.45, 7) is 4.35. The van der Waals surface area contributed by atoms with Gasteiger partial charge in [0, 0.05) is 18.5 Å². The first-order chi connectivity index (χ1) is 11.0. The molecule has 1 aromatic carbocycles. The fourth-order valence-corrected chi connectivity index (χ4v) is 4.32. The van der Waals surface area contributed by atoms with Crippen LogP contribution in [0.2, 0.25) is 0 Å². The van der Waals surface area contributed by atoms with Crippen LogP contribution in [0, 0.1) is 17.2 Å². The van der Waals surface area contributed by atoms with Crippen molar-refractivity contribution in [3.63, 3.8) is 0 Å². The first-order valence-electron chi connectivity index (χ1n) is 7.73. The zero-order chi connectivity index (χ0) is 16.0. The highest BCUT2D eigenvalue weighted by Gasteiger charge is 2.51. The van der Waals surface area contributed by atoms with Crippen LogP contribution >= 0.6 is 15.9 Å². The molecule has 1 saturated heterocycles. The van der Waals surface area contributed by atoms with Gasteiger partial charge in [0.15, 0.2) is 11.6 Å². The molecule has 2 heterocycles. The monoisotopic (exact) mass is 377 g/mol. The molecule has 2 fully saturated rings. The van der Waals surface area contributed by atoms with Gasteiger partial charge in [-0.05, 0) is 52.9 Å². The second-order valence-electron chi connectivity index (χ2n) is 6.76. The van der Waals surface area contributed by atoms with Crippen LogP contribution in [-0.4, -0.2) is 23.1 Å². The molecule has 0 atom stereocenters. The van der Waals surface area contributed by atoms with E-state index in [1.807, 2.05) is 0 Å². The van der Waals surface area contributed by atoms with Gasteiger partial charge >= 0.3 is 0 Å². The standard InChI is InChI=1S/C17H17BrFN3O/c1-11-5-17(6-11)8-22(9-17)16-15(7-20-10-21-16)23-14-3-2-12(19)4-13(14)18/h2-4,7,10-11H,5-6,8-9H2,1H3. The van der Waals surface area contributed by atoms with E-state index in [1.54, 1.807) is 12.3 Å². The molecule has 1 saturated carbocycles. The van der Waals surface area contributed by atoms with Gasteiger partial charge < -0.3 is 9.64 Å². The topological polar surface area (TPSA) is 38.2 Å². The molecule has 1 aliphatic carbocycles. The molecule has 4 rings (SSSR count). The van der Waals surface area contributed by atoms with Crippen molar-refractivity contribution in [1.29, 1.82) is 0 Å². The second-order valence-corrected chi connectivity index (χ2v) is 7.61. The summed E-state index contributed by atoms with van der Waals surface area (Å²) in [5.41, 5.74) is 0.484. The Morgan fingerprint density at radius 2 is 2.09 bits per heavy atom. The lowest BCUT2D eigenvalue weighted by Gasteiger charge is -2.59. The number of rotatable bonds is 3. The summed E-state index contributed by atoms with van der Waals surface area (Å²) in [6.07, 6.45) is 5.80. The number of aromatic nitrogens is 2. The van der Waals surface area contributed by atoms with Gasteiger partial charge in [-0.2, -0.15) is 0 Å². The van der Waals surface area contributed by atoms with Crippen LogP contribution in [0.1, 0.15) is 19.8 Å². The molecule has 1 aromatic heterocycles. The Morgan fingerprint density at radius 3 is 2.78 bits per heavy atom. The lowest BCUT2D eigenvalue weighted by atomic mass is 9.58. The molecule has 6 heteroatoms. The first-order valence-corrected chi connectivity index (χ1v) is 8.52. The largest absolute Gasteiger partial charge is 0.451 e. The summed E-state index contributed by atoms with van der Waals surface area (Å²) in [4.78, 5) is 10.7. The molecule has 2 aliphatic rings. The minimum absolute atomic E-state index is 0.308. The van der Waals surface area contributed by atoms with E-state index in [-0.39, 0.29) is 5.82 Å². The van der Waals surface area contributed by atoms with E-state index in [4.69, 9.17) is 4.74 Å². The predicted octanol–water partition coefficient (Wildman–Crippen LogP) is 4.41. The third-order valence-electron chi connectivity index (χ3n) is 4.69. The number of halogens is 2. The van der Waals surface area contributed by atoms with Crippen molar-refractivity contribution in [2.24, 2.45) is 11.3 Å². The molecule has 4 nitrogen and oxygen atoms in total. The van der Waals surface area contributed by atoms with Crippen molar-refractivity contribution < 1.29 is 9.13 Å². The van der Waals surface area contributed by atoms with Crippen molar-refractivity contribution in [3.8, 4) is 11.5 Å². The van der Waals surface area contributed by atoms with Crippen LogP contribution in [-0.2, 0) is 0 Å². The molecule has 0 unspecified atom stereocenters. The summed E-state index contributed by atoms with van der Waals surface area (Å²) < 4.78 is 19.7. The fourth-order valence-electron chi connectivity index (χ4n) is 3.89. The maximum atomic E-state index is 13.2. The van der Waals surface area contributed by atoms with Crippen LogP contribution in [0.4, 0.5) is 10.2 Å². The van der Waals surface area contributed by atoms with Gasteiger partial charge in [0.25, 0.3) is 0 Å². The van der Waals surface area contributed by atoms with E-state index < -0.39 is 0 Å². The van der Waals surface area contributed by atoms with Crippen LogP contribution in [0.3, 0.4) is 0 Å². The number of nitrogens with zero attached hydrogens (tertiary/aromatic N) is 3. The van der Waals surface area contributed by atoms with Crippen molar-refractivity contribution in [2.45, 2.75) is 19.8 Å². The third kappa shape index (κ3) is 2.69. The van der Waals surface area contributed by atoms with E-state index >= 15 is 0 Å². The predicted molar refractivity (Wildman–Crippen MR) is 89.3 cm³/mol. The Labute approximate surface area is 142 Å². The quantitative estimate of drug-likeness (QED) is 0.793. The fraction of sp³-hybridized carbons (Fsp3) is 0.412. The Kier molecular flexibility index (Phi) is 3.52. The maximum absolute atomic E-state index is 13.2. The lowest BCUT2D eigenvalue weighted by Crippen LogP contribution is -2.62. The molecule has 0 N–H and O–H groups in total. The first kappa shape index (κ1) is 14.9. The smallest absolute Gasteiger partial charge is 0.188 e. The highest BCUT2D eigenvalue weighted by Crippen LogP contribution is 2.53. The molecule has 1 aliphatic heterocycles. The molecule has 2 aromatic rings. The lowest BCUT2D eigenvalue weighted by molar-refractivity contribution is 0.0329. The Bertz CT molecular complexity index is 740. The highest BCUT2D eigenvalue weighted by molar-refractivity contribution is 9.10. The Hall–Kier alpha value is -1.69. The van der Waals surface area contributed by atoms with Crippen molar-refractivity contribution in [2.75, 3.05) is 18.0 Å².